The summed E-state index contributed by atoms with van der Waals surface area (Å²) in [5, 5.41) is 0. The van der Waals surface area contributed by atoms with Gasteiger partial charge in [0.05, 0.1) is 19.1 Å². The summed E-state index contributed by atoms with van der Waals surface area (Å²) >= 11 is 0. The minimum atomic E-state index is -0.363. The Labute approximate surface area is 108 Å². The van der Waals surface area contributed by atoms with Gasteiger partial charge in [-0.1, -0.05) is 19.4 Å². The molecule has 0 spiro atoms. The third-order valence-electron chi connectivity index (χ3n) is 3.05. The maximum atomic E-state index is 11.6. The summed E-state index contributed by atoms with van der Waals surface area (Å²) in [7, 11) is 0. The highest BCUT2D eigenvalue weighted by molar-refractivity contribution is 5.86. The summed E-state index contributed by atoms with van der Waals surface area (Å²) in [4.78, 5) is 22.6. The number of rotatable bonds is 7. The summed E-state index contributed by atoms with van der Waals surface area (Å²) in [5.74, 6) is -0.310. The van der Waals surface area contributed by atoms with Crippen LogP contribution in [0.1, 0.15) is 45.4 Å². The largest absolute Gasteiger partial charge is 0.465 e. The quantitative estimate of drug-likeness (QED) is 0.398. The van der Waals surface area contributed by atoms with E-state index in [0.717, 1.165) is 32.1 Å². The molecule has 18 heavy (non-hydrogen) atoms. The monoisotopic (exact) mass is 254 g/mol. The molecule has 0 aromatic carbocycles. The second kappa shape index (κ2) is 7.90. The first-order valence-corrected chi connectivity index (χ1v) is 6.60. The van der Waals surface area contributed by atoms with Gasteiger partial charge in [0.15, 0.2) is 0 Å². The molecule has 0 amide bonds. The van der Waals surface area contributed by atoms with Gasteiger partial charge in [-0.3, -0.25) is 4.79 Å². The minimum Gasteiger partial charge on any atom is -0.465 e. The number of hydrogen-bond donors (Lipinski definition) is 0. The first-order valence-electron chi connectivity index (χ1n) is 6.60. The first-order chi connectivity index (χ1) is 8.61. The summed E-state index contributed by atoms with van der Waals surface area (Å²) < 4.78 is 10.1. The minimum absolute atomic E-state index is 0.0635. The van der Waals surface area contributed by atoms with Gasteiger partial charge >= 0.3 is 11.9 Å². The van der Waals surface area contributed by atoms with Crippen LogP contribution in [0.5, 0.6) is 0 Å². The topological polar surface area (TPSA) is 52.6 Å². The van der Waals surface area contributed by atoms with Gasteiger partial charge in [0.2, 0.25) is 0 Å². The molecule has 102 valence electrons. The second-order valence-electron chi connectivity index (χ2n) is 4.77. The summed E-state index contributed by atoms with van der Waals surface area (Å²) in [6, 6.07) is 0. The maximum absolute atomic E-state index is 11.6. The van der Waals surface area contributed by atoms with Crippen molar-refractivity contribution in [2.45, 2.75) is 45.4 Å². The molecule has 1 saturated carbocycles. The fourth-order valence-corrected chi connectivity index (χ4v) is 1.94. The third kappa shape index (κ3) is 5.34. The van der Waals surface area contributed by atoms with Gasteiger partial charge in [-0.15, -0.1) is 0 Å². The molecule has 0 aromatic heterocycles. The van der Waals surface area contributed by atoms with Crippen molar-refractivity contribution in [3.05, 3.63) is 12.2 Å². The van der Waals surface area contributed by atoms with Gasteiger partial charge in [0.1, 0.15) is 0 Å². The average molecular weight is 254 g/mol. The Bertz CT molecular complexity index is 303. The molecule has 0 N–H and O–H groups in total. The summed E-state index contributed by atoms with van der Waals surface area (Å²) in [6.07, 6.45) is 5.64. The molecule has 0 radical (unpaired) electrons. The molecular weight excluding hydrogens is 232 g/mol. The van der Waals surface area contributed by atoms with E-state index in [2.05, 4.69) is 6.58 Å². The normalized spacial score (nSPS) is 15.4. The number of carbonyl (C=O) groups is 2. The van der Waals surface area contributed by atoms with Gasteiger partial charge in [-0.2, -0.15) is 0 Å². The van der Waals surface area contributed by atoms with Crippen molar-refractivity contribution in [2.75, 3.05) is 13.2 Å². The molecule has 0 saturated heterocycles. The van der Waals surface area contributed by atoms with Crippen LogP contribution in [0.2, 0.25) is 0 Å². The van der Waals surface area contributed by atoms with Crippen LogP contribution >= 0.6 is 0 Å². The predicted octanol–water partition coefficient (Wildman–Crippen LogP) is 2.62. The lowest BCUT2D eigenvalue weighted by Gasteiger charge is -2.09. The lowest BCUT2D eigenvalue weighted by Crippen LogP contribution is -2.15. The van der Waals surface area contributed by atoms with Gasteiger partial charge < -0.3 is 9.47 Å². The van der Waals surface area contributed by atoms with E-state index in [9.17, 15) is 9.59 Å². The zero-order chi connectivity index (χ0) is 13.4. The van der Waals surface area contributed by atoms with Gasteiger partial charge in [0.25, 0.3) is 0 Å². The van der Waals surface area contributed by atoms with Crippen molar-refractivity contribution in [3.8, 4) is 0 Å². The van der Waals surface area contributed by atoms with E-state index in [4.69, 9.17) is 9.47 Å². The second-order valence-corrected chi connectivity index (χ2v) is 4.77. The molecule has 0 aromatic rings. The summed E-state index contributed by atoms with van der Waals surface area (Å²) in [6.45, 7) is 5.88. The van der Waals surface area contributed by atoms with E-state index in [-0.39, 0.29) is 17.9 Å². The average Bonchev–Trinajstić information content (AvgIpc) is 2.86. The van der Waals surface area contributed by atoms with Crippen LogP contribution < -0.4 is 0 Å². The fraction of sp³-hybridized carbons (Fsp3) is 0.714. The molecular formula is C14H22O4. The van der Waals surface area contributed by atoms with E-state index in [0.29, 0.717) is 25.2 Å². The van der Waals surface area contributed by atoms with E-state index in [1.807, 2.05) is 0 Å². The van der Waals surface area contributed by atoms with E-state index in [1.165, 1.54) is 0 Å². The Balaban J connectivity index is 1.96. The van der Waals surface area contributed by atoms with E-state index >= 15 is 0 Å². The highest BCUT2D eigenvalue weighted by Gasteiger charge is 2.23. The molecule has 0 atom stereocenters. The zero-order valence-electron chi connectivity index (χ0n) is 11.1. The van der Waals surface area contributed by atoms with Crippen molar-refractivity contribution < 1.29 is 19.1 Å². The van der Waals surface area contributed by atoms with E-state index < -0.39 is 0 Å². The molecule has 0 aliphatic heterocycles. The third-order valence-corrected chi connectivity index (χ3v) is 3.05. The van der Waals surface area contributed by atoms with Crippen LogP contribution in [0.3, 0.4) is 0 Å². The number of unbranched alkanes of at least 4 members (excludes halogenated alkanes) is 1. The molecule has 0 heterocycles. The van der Waals surface area contributed by atoms with E-state index in [1.54, 1.807) is 6.92 Å². The molecule has 1 rings (SSSR count). The van der Waals surface area contributed by atoms with Gasteiger partial charge in [-0.25, -0.2) is 4.79 Å². The SMILES string of the molecule is C=C(C)C(=O)OCCCCOC(=O)C1CCCC1. The highest BCUT2D eigenvalue weighted by Crippen LogP contribution is 2.25. The molecule has 4 heteroatoms. The van der Waals surface area contributed by atoms with Crippen molar-refractivity contribution >= 4 is 11.9 Å². The Morgan fingerprint density at radius 1 is 1.11 bits per heavy atom. The van der Waals surface area contributed by atoms with Crippen molar-refractivity contribution in [2.24, 2.45) is 5.92 Å². The molecule has 0 unspecified atom stereocenters. The Hall–Kier alpha value is -1.32. The van der Waals surface area contributed by atoms with Crippen LogP contribution in [0.25, 0.3) is 0 Å². The smallest absolute Gasteiger partial charge is 0.333 e. The number of carbonyl (C=O) groups excluding carboxylic acids is 2. The van der Waals surface area contributed by atoms with Crippen LogP contribution in [0, 0.1) is 5.92 Å². The maximum Gasteiger partial charge on any atom is 0.333 e. The van der Waals surface area contributed by atoms with Crippen LogP contribution in [-0.2, 0) is 19.1 Å². The van der Waals surface area contributed by atoms with Crippen LogP contribution in [0.4, 0.5) is 0 Å². The highest BCUT2D eigenvalue weighted by atomic mass is 16.5. The molecule has 4 nitrogen and oxygen atoms in total. The lowest BCUT2D eigenvalue weighted by atomic mass is 10.1. The Kier molecular flexibility index (Phi) is 6.47. The first kappa shape index (κ1) is 14.7. The predicted molar refractivity (Wildman–Crippen MR) is 67.9 cm³/mol. The van der Waals surface area contributed by atoms with Crippen LogP contribution in [0.15, 0.2) is 12.2 Å². The molecule has 1 aliphatic rings. The zero-order valence-corrected chi connectivity index (χ0v) is 11.1. The van der Waals surface area contributed by atoms with Crippen molar-refractivity contribution in [1.29, 1.82) is 0 Å². The number of hydrogen-bond acceptors (Lipinski definition) is 4. The molecule has 0 bridgehead atoms. The Morgan fingerprint density at radius 3 is 2.22 bits per heavy atom. The van der Waals surface area contributed by atoms with Gasteiger partial charge in [0, 0.05) is 5.57 Å². The molecule has 1 aliphatic carbocycles. The van der Waals surface area contributed by atoms with Crippen molar-refractivity contribution in [1.82, 2.24) is 0 Å². The van der Waals surface area contributed by atoms with Crippen LogP contribution in [-0.4, -0.2) is 25.2 Å². The summed E-state index contributed by atoms with van der Waals surface area (Å²) in [5.41, 5.74) is 0.405. The fourth-order valence-electron chi connectivity index (χ4n) is 1.94. The number of esters is 2. The molecule has 1 fully saturated rings. The lowest BCUT2D eigenvalue weighted by molar-refractivity contribution is -0.149. The Morgan fingerprint density at radius 2 is 1.67 bits per heavy atom. The number of ether oxygens (including phenoxy) is 2. The van der Waals surface area contributed by atoms with Gasteiger partial charge in [-0.05, 0) is 32.6 Å². The standard InChI is InChI=1S/C14H22O4/c1-11(2)13(15)17-9-5-6-10-18-14(16)12-7-3-4-8-12/h12H,1,3-10H2,2H3. The van der Waals surface area contributed by atoms with Crippen molar-refractivity contribution in [3.63, 3.8) is 0 Å².